The van der Waals surface area contributed by atoms with Gasteiger partial charge in [-0.15, -0.1) is 0 Å². The van der Waals surface area contributed by atoms with Crippen molar-refractivity contribution in [3.63, 3.8) is 0 Å². The van der Waals surface area contributed by atoms with E-state index in [1.54, 1.807) is 6.08 Å². The third-order valence-corrected chi connectivity index (χ3v) is 1.81. The summed E-state index contributed by atoms with van der Waals surface area (Å²) in [5.41, 5.74) is 2.61. The summed E-state index contributed by atoms with van der Waals surface area (Å²) in [6, 6.07) is 8.56. The predicted molar refractivity (Wildman–Crippen MR) is 55.1 cm³/mol. The van der Waals surface area contributed by atoms with Gasteiger partial charge in [-0.1, -0.05) is 56.0 Å². The second kappa shape index (κ2) is 4.55. The fourth-order valence-corrected chi connectivity index (χ4v) is 1.04. The summed E-state index contributed by atoms with van der Waals surface area (Å²) >= 11 is 0. The van der Waals surface area contributed by atoms with Crippen LogP contribution in [0.1, 0.15) is 18.1 Å². The van der Waals surface area contributed by atoms with Gasteiger partial charge in [-0.05, 0) is 17.5 Å². The molecule has 0 aromatic heterocycles. The van der Waals surface area contributed by atoms with Gasteiger partial charge < -0.3 is 0 Å². The fourth-order valence-electron chi connectivity index (χ4n) is 1.04. The zero-order valence-corrected chi connectivity index (χ0v) is 7.46. The van der Waals surface area contributed by atoms with Gasteiger partial charge in [0.05, 0.1) is 0 Å². The number of hydrogen-bond donors (Lipinski definition) is 0. The van der Waals surface area contributed by atoms with E-state index in [1.807, 2.05) is 12.2 Å². The quantitative estimate of drug-likeness (QED) is 0.591. The minimum Gasteiger partial charge on any atom is -0.0991 e. The van der Waals surface area contributed by atoms with Crippen molar-refractivity contribution in [2.75, 3.05) is 0 Å². The molecule has 0 saturated heterocycles. The Hall–Kier alpha value is -1.30. The number of rotatable bonds is 3. The minimum absolute atomic E-state index is 1.10. The molecule has 62 valence electrons. The molecule has 0 amide bonds. The Morgan fingerprint density at radius 2 is 1.92 bits per heavy atom. The average molecular weight is 158 g/mol. The maximum atomic E-state index is 3.62. The molecule has 12 heavy (non-hydrogen) atoms. The van der Waals surface area contributed by atoms with Crippen LogP contribution in [-0.4, -0.2) is 0 Å². The highest BCUT2D eigenvalue weighted by Crippen LogP contribution is 2.06. The number of aryl methyl sites for hydroxylation is 1. The summed E-state index contributed by atoms with van der Waals surface area (Å²) in [6.45, 7) is 5.78. The molecule has 1 aromatic rings. The second-order valence-electron chi connectivity index (χ2n) is 2.69. The maximum absolute atomic E-state index is 3.62. The Morgan fingerprint density at radius 1 is 1.25 bits per heavy atom. The number of benzene rings is 1. The van der Waals surface area contributed by atoms with Crippen LogP contribution in [0.4, 0.5) is 0 Å². The highest BCUT2D eigenvalue weighted by Gasteiger charge is 1.87. The summed E-state index contributed by atoms with van der Waals surface area (Å²) in [4.78, 5) is 0. The molecule has 0 aliphatic heterocycles. The summed E-state index contributed by atoms with van der Waals surface area (Å²) in [6.07, 6.45) is 6.88. The van der Waals surface area contributed by atoms with E-state index in [-0.39, 0.29) is 0 Å². The fraction of sp³-hybridized carbons (Fsp3) is 0.167. The van der Waals surface area contributed by atoms with Crippen LogP contribution in [0.5, 0.6) is 0 Å². The molecule has 0 aliphatic rings. The molecule has 0 nitrogen and oxygen atoms in total. The first-order valence-electron chi connectivity index (χ1n) is 4.25. The Labute approximate surface area is 74.2 Å². The van der Waals surface area contributed by atoms with E-state index in [0.717, 1.165) is 6.42 Å². The molecule has 0 spiro atoms. The lowest BCUT2D eigenvalue weighted by Crippen LogP contribution is -1.78. The van der Waals surface area contributed by atoms with Gasteiger partial charge in [0.15, 0.2) is 0 Å². The monoisotopic (exact) mass is 158 g/mol. The van der Waals surface area contributed by atoms with Gasteiger partial charge in [-0.2, -0.15) is 0 Å². The highest BCUT2D eigenvalue weighted by atomic mass is 13.9. The molecule has 0 aliphatic carbocycles. The van der Waals surface area contributed by atoms with Gasteiger partial charge in [-0.25, -0.2) is 0 Å². The molecule has 0 N–H and O–H groups in total. The van der Waals surface area contributed by atoms with Gasteiger partial charge in [0.25, 0.3) is 0 Å². The molecule has 1 aromatic carbocycles. The van der Waals surface area contributed by atoms with Crippen LogP contribution in [0.15, 0.2) is 43.0 Å². The largest absolute Gasteiger partial charge is 0.0991 e. The smallest absolute Gasteiger partial charge is 0.0256 e. The van der Waals surface area contributed by atoms with Gasteiger partial charge >= 0.3 is 0 Å². The molecule has 0 saturated carbocycles. The van der Waals surface area contributed by atoms with Crippen molar-refractivity contribution >= 4 is 6.08 Å². The molecule has 0 heterocycles. The summed E-state index contributed by atoms with van der Waals surface area (Å²) in [5.74, 6) is 0. The van der Waals surface area contributed by atoms with Crippen LogP contribution in [0, 0.1) is 0 Å². The molecule has 0 heteroatoms. The highest BCUT2D eigenvalue weighted by molar-refractivity contribution is 5.51. The van der Waals surface area contributed by atoms with Crippen molar-refractivity contribution in [2.45, 2.75) is 13.3 Å². The van der Waals surface area contributed by atoms with Crippen LogP contribution in [0.3, 0.4) is 0 Å². The molecule has 0 unspecified atom stereocenters. The van der Waals surface area contributed by atoms with Crippen LogP contribution in [0.2, 0.25) is 0 Å². The van der Waals surface area contributed by atoms with Crippen molar-refractivity contribution in [3.8, 4) is 0 Å². The summed E-state index contributed by atoms with van der Waals surface area (Å²) in [5, 5.41) is 0. The average Bonchev–Trinajstić information content (AvgIpc) is 2.15. The van der Waals surface area contributed by atoms with Gasteiger partial charge in [0.2, 0.25) is 0 Å². The lowest BCUT2D eigenvalue weighted by atomic mass is 10.1. The van der Waals surface area contributed by atoms with Crippen LogP contribution < -0.4 is 0 Å². The standard InChI is InChI=1S/C12H14/c1-3-5-6-12-9-7-11(4-2)8-10-12/h3,5-10H,1,4H2,2H3/b6-5+. The topological polar surface area (TPSA) is 0 Å². The summed E-state index contributed by atoms with van der Waals surface area (Å²) < 4.78 is 0. The molecule has 0 bridgehead atoms. The molecular weight excluding hydrogens is 144 g/mol. The summed E-state index contributed by atoms with van der Waals surface area (Å²) in [7, 11) is 0. The third kappa shape index (κ3) is 2.39. The predicted octanol–water partition coefficient (Wildman–Crippen LogP) is 3.45. The van der Waals surface area contributed by atoms with E-state index in [0.29, 0.717) is 0 Å². The maximum Gasteiger partial charge on any atom is -0.0256 e. The number of hydrogen-bond acceptors (Lipinski definition) is 0. The van der Waals surface area contributed by atoms with Crippen molar-refractivity contribution in [1.82, 2.24) is 0 Å². The van der Waals surface area contributed by atoms with E-state index in [2.05, 4.69) is 37.8 Å². The Balaban J connectivity index is 2.77. The van der Waals surface area contributed by atoms with E-state index >= 15 is 0 Å². The molecular formula is C12H14. The third-order valence-electron chi connectivity index (χ3n) is 1.81. The Bertz CT molecular complexity index is 265. The minimum atomic E-state index is 1.10. The lowest BCUT2D eigenvalue weighted by molar-refractivity contribution is 1.14. The first-order valence-corrected chi connectivity index (χ1v) is 4.25. The lowest BCUT2D eigenvalue weighted by Gasteiger charge is -1.96. The van der Waals surface area contributed by atoms with Gasteiger partial charge in [0, 0.05) is 0 Å². The van der Waals surface area contributed by atoms with E-state index < -0.39 is 0 Å². The Morgan fingerprint density at radius 3 is 2.42 bits per heavy atom. The van der Waals surface area contributed by atoms with Crippen molar-refractivity contribution < 1.29 is 0 Å². The van der Waals surface area contributed by atoms with Crippen molar-refractivity contribution in [3.05, 3.63) is 54.1 Å². The van der Waals surface area contributed by atoms with Crippen molar-refractivity contribution in [1.29, 1.82) is 0 Å². The number of allylic oxidation sites excluding steroid dienone is 2. The van der Waals surface area contributed by atoms with Gasteiger partial charge in [-0.3, -0.25) is 0 Å². The zero-order valence-electron chi connectivity index (χ0n) is 7.46. The second-order valence-corrected chi connectivity index (χ2v) is 2.69. The molecule has 0 atom stereocenters. The first-order chi connectivity index (χ1) is 5.86. The molecule has 0 fully saturated rings. The van der Waals surface area contributed by atoms with Crippen LogP contribution in [-0.2, 0) is 6.42 Å². The van der Waals surface area contributed by atoms with Gasteiger partial charge in [0.1, 0.15) is 0 Å². The molecule has 1 rings (SSSR count). The van der Waals surface area contributed by atoms with E-state index in [1.165, 1.54) is 11.1 Å². The van der Waals surface area contributed by atoms with Crippen molar-refractivity contribution in [2.24, 2.45) is 0 Å². The first kappa shape index (κ1) is 8.79. The van der Waals surface area contributed by atoms with E-state index in [9.17, 15) is 0 Å². The van der Waals surface area contributed by atoms with E-state index in [4.69, 9.17) is 0 Å². The zero-order chi connectivity index (χ0) is 8.81. The normalized spacial score (nSPS) is 10.4. The van der Waals surface area contributed by atoms with Crippen LogP contribution in [0.25, 0.3) is 6.08 Å². The Kier molecular flexibility index (Phi) is 3.34. The molecule has 0 radical (unpaired) electrons. The SMILES string of the molecule is C=C/C=C/c1ccc(CC)cc1. The van der Waals surface area contributed by atoms with Crippen LogP contribution >= 0.6 is 0 Å².